The Morgan fingerprint density at radius 1 is 1.39 bits per heavy atom. The van der Waals surface area contributed by atoms with Crippen LogP contribution in [-0.4, -0.2) is 47.1 Å². The predicted molar refractivity (Wildman–Crippen MR) is 107 cm³/mol. The molecule has 23 heavy (non-hydrogen) atoms. The van der Waals surface area contributed by atoms with E-state index in [1.807, 2.05) is 25.8 Å². The van der Waals surface area contributed by atoms with Gasteiger partial charge in [-0.1, -0.05) is 26.7 Å². The van der Waals surface area contributed by atoms with Gasteiger partial charge in [0.05, 0.1) is 6.33 Å². The molecule has 2 rings (SSSR count). The molecule has 5 nitrogen and oxygen atoms in total. The van der Waals surface area contributed by atoms with Gasteiger partial charge in [0, 0.05) is 45.6 Å². The summed E-state index contributed by atoms with van der Waals surface area (Å²) < 4.78 is 2.11. The lowest BCUT2D eigenvalue weighted by atomic mass is 9.87. The summed E-state index contributed by atoms with van der Waals surface area (Å²) in [7, 11) is 1.89. The van der Waals surface area contributed by atoms with E-state index >= 15 is 0 Å². The molecule has 1 unspecified atom stereocenters. The number of aryl methyl sites for hydroxylation is 1. The van der Waals surface area contributed by atoms with Crippen LogP contribution < -0.4 is 5.32 Å². The quantitative estimate of drug-likeness (QED) is 0.311. The molecule has 1 saturated heterocycles. The second-order valence-electron chi connectivity index (χ2n) is 6.20. The zero-order valence-corrected chi connectivity index (χ0v) is 17.1. The molecule has 1 fully saturated rings. The van der Waals surface area contributed by atoms with Crippen molar-refractivity contribution >= 4 is 29.9 Å². The molecule has 0 aliphatic carbocycles. The zero-order chi connectivity index (χ0) is 15.8. The van der Waals surface area contributed by atoms with Crippen LogP contribution in [0.4, 0.5) is 0 Å². The first-order valence-corrected chi connectivity index (χ1v) is 8.69. The molecular formula is C17H32IN5. The summed E-state index contributed by atoms with van der Waals surface area (Å²) >= 11 is 0. The number of hydrogen-bond donors (Lipinski definition) is 1. The molecule has 0 radical (unpaired) electrons. The maximum absolute atomic E-state index is 4.46. The van der Waals surface area contributed by atoms with Crippen LogP contribution in [0.1, 0.15) is 39.5 Å². The van der Waals surface area contributed by atoms with Gasteiger partial charge in [-0.05, 0) is 24.7 Å². The molecule has 1 aliphatic rings. The van der Waals surface area contributed by atoms with Crippen LogP contribution in [0.25, 0.3) is 0 Å². The minimum absolute atomic E-state index is 0. The second kappa shape index (κ2) is 10.9. The fourth-order valence-corrected chi connectivity index (χ4v) is 3.53. The number of halogens is 1. The summed E-state index contributed by atoms with van der Waals surface area (Å²) in [6.45, 7) is 8.90. The van der Waals surface area contributed by atoms with Crippen LogP contribution >= 0.6 is 24.0 Å². The van der Waals surface area contributed by atoms with Crippen molar-refractivity contribution in [2.24, 2.45) is 16.8 Å². The van der Waals surface area contributed by atoms with Crippen LogP contribution in [0.3, 0.4) is 0 Å². The fourth-order valence-electron chi connectivity index (χ4n) is 3.53. The Kier molecular flexibility index (Phi) is 9.59. The van der Waals surface area contributed by atoms with E-state index in [1.165, 1.54) is 19.3 Å². The van der Waals surface area contributed by atoms with Crippen molar-refractivity contribution in [2.45, 2.75) is 46.1 Å². The summed E-state index contributed by atoms with van der Waals surface area (Å²) in [6, 6.07) is 0. The highest BCUT2D eigenvalue weighted by atomic mass is 127. The predicted octanol–water partition coefficient (Wildman–Crippen LogP) is 3.22. The van der Waals surface area contributed by atoms with Gasteiger partial charge in [0.1, 0.15) is 0 Å². The largest absolute Gasteiger partial charge is 0.356 e. The molecular weight excluding hydrogens is 401 g/mol. The minimum Gasteiger partial charge on any atom is -0.356 e. The number of guanidine groups is 1. The topological polar surface area (TPSA) is 45.5 Å². The molecule has 0 saturated carbocycles. The van der Waals surface area contributed by atoms with Gasteiger partial charge >= 0.3 is 0 Å². The molecule has 132 valence electrons. The first kappa shape index (κ1) is 20.3. The maximum atomic E-state index is 4.46. The number of imidazole rings is 1. The minimum atomic E-state index is 0. The molecule has 1 atom stereocenters. The Balaban J connectivity index is 0.00000264. The molecule has 6 heteroatoms. The van der Waals surface area contributed by atoms with Gasteiger partial charge in [-0.25, -0.2) is 4.98 Å². The molecule has 1 aromatic rings. The van der Waals surface area contributed by atoms with Gasteiger partial charge in [0.15, 0.2) is 5.96 Å². The van der Waals surface area contributed by atoms with E-state index in [1.54, 1.807) is 0 Å². The van der Waals surface area contributed by atoms with Crippen LogP contribution in [-0.2, 0) is 6.54 Å². The Bertz CT molecular complexity index is 442. The SMILES string of the molecule is CCC(CC)C1CCN(C(=NC)NCCCn2ccnc2)C1.I. The Labute approximate surface area is 158 Å². The highest BCUT2D eigenvalue weighted by Crippen LogP contribution is 2.28. The molecule has 0 bridgehead atoms. The van der Waals surface area contributed by atoms with E-state index in [2.05, 4.69) is 38.6 Å². The van der Waals surface area contributed by atoms with E-state index in [4.69, 9.17) is 0 Å². The number of likely N-dealkylation sites (tertiary alicyclic amines) is 1. The van der Waals surface area contributed by atoms with Crippen LogP contribution in [0.2, 0.25) is 0 Å². The highest BCUT2D eigenvalue weighted by molar-refractivity contribution is 14.0. The molecule has 0 amide bonds. The molecule has 1 N–H and O–H groups in total. The van der Waals surface area contributed by atoms with Gasteiger partial charge in [0.2, 0.25) is 0 Å². The van der Waals surface area contributed by atoms with Gasteiger partial charge in [-0.2, -0.15) is 0 Å². The first-order valence-electron chi connectivity index (χ1n) is 8.69. The lowest BCUT2D eigenvalue weighted by molar-refractivity contribution is 0.319. The van der Waals surface area contributed by atoms with Crippen molar-refractivity contribution in [2.75, 3.05) is 26.7 Å². The Morgan fingerprint density at radius 3 is 2.78 bits per heavy atom. The van der Waals surface area contributed by atoms with E-state index < -0.39 is 0 Å². The van der Waals surface area contributed by atoms with Crippen molar-refractivity contribution in [3.63, 3.8) is 0 Å². The van der Waals surface area contributed by atoms with Crippen molar-refractivity contribution in [3.05, 3.63) is 18.7 Å². The number of rotatable bonds is 7. The Hall–Kier alpha value is -0.790. The third kappa shape index (κ3) is 5.97. The van der Waals surface area contributed by atoms with E-state index in [0.29, 0.717) is 0 Å². The second-order valence-corrected chi connectivity index (χ2v) is 6.20. The molecule has 1 aromatic heterocycles. The van der Waals surface area contributed by atoms with E-state index in [-0.39, 0.29) is 24.0 Å². The summed E-state index contributed by atoms with van der Waals surface area (Å²) in [4.78, 5) is 11.0. The summed E-state index contributed by atoms with van der Waals surface area (Å²) in [5, 5.41) is 3.51. The number of nitrogens with one attached hydrogen (secondary N) is 1. The average molecular weight is 433 g/mol. The van der Waals surface area contributed by atoms with Gasteiger partial charge < -0.3 is 14.8 Å². The molecule has 0 spiro atoms. The van der Waals surface area contributed by atoms with E-state index in [0.717, 1.165) is 50.4 Å². The number of aromatic nitrogens is 2. The van der Waals surface area contributed by atoms with Gasteiger partial charge in [0.25, 0.3) is 0 Å². The summed E-state index contributed by atoms with van der Waals surface area (Å²) in [5.74, 6) is 2.77. The summed E-state index contributed by atoms with van der Waals surface area (Å²) in [5.41, 5.74) is 0. The van der Waals surface area contributed by atoms with Crippen molar-refractivity contribution in [3.8, 4) is 0 Å². The van der Waals surface area contributed by atoms with Crippen LogP contribution in [0.5, 0.6) is 0 Å². The highest BCUT2D eigenvalue weighted by Gasteiger charge is 2.29. The first-order chi connectivity index (χ1) is 10.8. The lowest BCUT2D eigenvalue weighted by Crippen LogP contribution is -2.41. The average Bonchev–Trinajstić information content (AvgIpc) is 3.21. The summed E-state index contributed by atoms with van der Waals surface area (Å²) in [6.07, 6.45) is 10.7. The molecule has 0 aromatic carbocycles. The zero-order valence-electron chi connectivity index (χ0n) is 14.7. The Morgan fingerprint density at radius 2 is 2.17 bits per heavy atom. The standard InChI is InChI=1S/C17H31N5.HI/c1-4-15(5-2)16-7-11-22(13-16)17(18-3)20-8-6-10-21-12-9-19-14-21;/h9,12,14-16H,4-8,10-11,13H2,1-3H3,(H,18,20);1H. The van der Waals surface area contributed by atoms with Crippen molar-refractivity contribution in [1.29, 1.82) is 0 Å². The number of aliphatic imine (C=N–C) groups is 1. The van der Waals surface area contributed by atoms with E-state index in [9.17, 15) is 0 Å². The van der Waals surface area contributed by atoms with Crippen molar-refractivity contribution < 1.29 is 0 Å². The maximum Gasteiger partial charge on any atom is 0.193 e. The van der Waals surface area contributed by atoms with Crippen LogP contribution in [0, 0.1) is 11.8 Å². The van der Waals surface area contributed by atoms with Gasteiger partial charge in [-0.15, -0.1) is 24.0 Å². The lowest BCUT2D eigenvalue weighted by Gasteiger charge is -2.24. The molecule has 2 heterocycles. The monoisotopic (exact) mass is 433 g/mol. The van der Waals surface area contributed by atoms with Crippen LogP contribution in [0.15, 0.2) is 23.7 Å². The van der Waals surface area contributed by atoms with Gasteiger partial charge in [-0.3, -0.25) is 4.99 Å². The molecule has 1 aliphatic heterocycles. The number of nitrogens with zero attached hydrogens (tertiary/aromatic N) is 4. The normalized spacial score (nSPS) is 18.3. The third-order valence-electron chi connectivity index (χ3n) is 4.89. The third-order valence-corrected chi connectivity index (χ3v) is 4.89. The van der Waals surface area contributed by atoms with Crippen molar-refractivity contribution in [1.82, 2.24) is 19.8 Å². The number of hydrogen-bond acceptors (Lipinski definition) is 2. The smallest absolute Gasteiger partial charge is 0.193 e. The fraction of sp³-hybridized carbons (Fsp3) is 0.765.